The first kappa shape index (κ1) is 22.2. The van der Waals surface area contributed by atoms with E-state index in [9.17, 15) is 19.1 Å². The summed E-state index contributed by atoms with van der Waals surface area (Å²) in [6, 6.07) is 14.9. The summed E-state index contributed by atoms with van der Waals surface area (Å²) in [4.78, 5) is 31.6. The van der Waals surface area contributed by atoms with Crippen LogP contribution in [-0.2, 0) is 16.1 Å². The molecule has 1 aliphatic heterocycles. The predicted octanol–water partition coefficient (Wildman–Crippen LogP) is 4.63. The monoisotopic (exact) mass is 446 g/mol. The summed E-state index contributed by atoms with van der Waals surface area (Å²) in [5, 5.41) is 11.0. The predicted molar refractivity (Wildman–Crippen MR) is 121 cm³/mol. The second-order valence-electron chi connectivity index (χ2n) is 7.71. The fourth-order valence-electron chi connectivity index (χ4n) is 3.83. The summed E-state index contributed by atoms with van der Waals surface area (Å²) in [6.07, 6.45) is 4.05. The van der Waals surface area contributed by atoms with Crippen LogP contribution in [0.15, 0.2) is 78.6 Å². The van der Waals surface area contributed by atoms with E-state index in [4.69, 9.17) is 4.74 Å². The van der Waals surface area contributed by atoms with Gasteiger partial charge in [0.1, 0.15) is 17.3 Å². The van der Waals surface area contributed by atoms with Crippen LogP contribution in [-0.4, -0.2) is 33.3 Å². The van der Waals surface area contributed by atoms with E-state index < -0.39 is 23.5 Å². The molecule has 4 rings (SSSR count). The molecule has 3 aromatic rings. The van der Waals surface area contributed by atoms with E-state index in [0.29, 0.717) is 17.9 Å². The molecule has 2 heterocycles. The van der Waals surface area contributed by atoms with Crippen LogP contribution in [0.1, 0.15) is 36.1 Å². The van der Waals surface area contributed by atoms with Gasteiger partial charge < -0.3 is 14.7 Å². The largest absolute Gasteiger partial charge is 0.507 e. The molecule has 0 bridgehead atoms. The zero-order chi connectivity index (χ0) is 23.4. The number of carbonyl (C=O) groups is 2. The van der Waals surface area contributed by atoms with Crippen LogP contribution in [0.4, 0.5) is 4.39 Å². The lowest BCUT2D eigenvalue weighted by molar-refractivity contribution is -0.140. The Kier molecular flexibility index (Phi) is 6.49. The summed E-state index contributed by atoms with van der Waals surface area (Å²) in [5.74, 6) is -1.74. The standard InChI is InChI=1S/C26H23FN2O4/c1-2-14-33-21-5-3-4-19(15-21)23-22(24(30)18-6-8-20(27)9-7-18)25(31)26(32)29(23)16-17-10-12-28-13-11-17/h3-13,15,23,30H,2,14,16H2,1H3. The molecule has 1 N–H and O–H groups in total. The summed E-state index contributed by atoms with van der Waals surface area (Å²) in [5.41, 5.74) is 1.62. The number of likely N-dealkylation sites (tertiary alicyclic amines) is 1. The summed E-state index contributed by atoms with van der Waals surface area (Å²) < 4.78 is 19.2. The van der Waals surface area contributed by atoms with Crippen molar-refractivity contribution in [1.29, 1.82) is 0 Å². The van der Waals surface area contributed by atoms with Gasteiger partial charge in [-0.3, -0.25) is 14.6 Å². The number of hydrogen-bond donors (Lipinski definition) is 1. The van der Waals surface area contributed by atoms with Gasteiger partial charge in [0.15, 0.2) is 0 Å². The Morgan fingerprint density at radius 2 is 1.82 bits per heavy atom. The first-order valence-electron chi connectivity index (χ1n) is 10.7. The lowest BCUT2D eigenvalue weighted by Crippen LogP contribution is -2.29. The van der Waals surface area contributed by atoms with Gasteiger partial charge in [-0.1, -0.05) is 19.1 Å². The van der Waals surface area contributed by atoms with E-state index in [2.05, 4.69) is 4.98 Å². The minimum atomic E-state index is -0.839. The Balaban J connectivity index is 1.84. The fourth-order valence-corrected chi connectivity index (χ4v) is 3.83. The Morgan fingerprint density at radius 3 is 2.52 bits per heavy atom. The number of ketones is 1. The van der Waals surface area contributed by atoms with E-state index in [1.54, 1.807) is 48.8 Å². The van der Waals surface area contributed by atoms with E-state index in [0.717, 1.165) is 12.0 Å². The van der Waals surface area contributed by atoms with Crippen molar-refractivity contribution in [2.75, 3.05) is 6.61 Å². The second-order valence-corrected chi connectivity index (χ2v) is 7.71. The molecule has 33 heavy (non-hydrogen) atoms. The van der Waals surface area contributed by atoms with Crippen molar-refractivity contribution in [2.24, 2.45) is 0 Å². The molecule has 0 spiro atoms. The van der Waals surface area contributed by atoms with Crippen molar-refractivity contribution in [3.05, 3.63) is 101 Å². The van der Waals surface area contributed by atoms with Crippen LogP contribution >= 0.6 is 0 Å². The molecule has 2 aromatic carbocycles. The van der Waals surface area contributed by atoms with Crippen molar-refractivity contribution >= 4 is 17.4 Å². The van der Waals surface area contributed by atoms with Crippen molar-refractivity contribution in [1.82, 2.24) is 9.88 Å². The molecule has 1 amide bonds. The number of halogens is 1. The third-order valence-electron chi connectivity index (χ3n) is 5.41. The SMILES string of the molecule is CCCOc1cccc(C2C(=C(O)c3ccc(F)cc3)C(=O)C(=O)N2Cc2ccncc2)c1. The Labute approximate surface area is 191 Å². The molecule has 6 nitrogen and oxygen atoms in total. The molecule has 1 atom stereocenters. The molecule has 7 heteroatoms. The Hall–Kier alpha value is -4.00. The van der Waals surface area contributed by atoms with Gasteiger partial charge >= 0.3 is 0 Å². The quantitative estimate of drug-likeness (QED) is 0.325. The van der Waals surface area contributed by atoms with E-state index in [1.165, 1.54) is 29.2 Å². The summed E-state index contributed by atoms with van der Waals surface area (Å²) in [6.45, 7) is 2.67. The Morgan fingerprint density at radius 1 is 1.09 bits per heavy atom. The van der Waals surface area contributed by atoms with Crippen LogP contribution < -0.4 is 4.74 Å². The van der Waals surface area contributed by atoms with E-state index in [1.807, 2.05) is 6.92 Å². The van der Waals surface area contributed by atoms with Crippen molar-refractivity contribution in [3.63, 3.8) is 0 Å². The summed E-state index contributed by atoms with van der Waals surface area (Å²) in [7, 11) is 0. The maximum atomic E-state index is 13.4. The topological polar surface area (TPSA) is 79.7 Å². The molecule has 168 valence electrons. The number of nitrogens with zero attached hydrogens (tertiary/aromatic N) is 2. The highest BCUT2D eigenvalue weighted by atomic mass is 19.1. The lowest BCUT2D eigenvalue weighted by atomic mass is 9.95. The molecule has 1 saturated heterocycles. The van der Waals surface area contributed by atoms with Crippen molar-refractivity contribution in [2.45, 2.75) is 25.9 Å². The van der Waals surface area contributed by atoms with Crippen LogP contribution in [0.3, 0.4) is 0 Å². The fraction of sp³-hybridized carbons (Fsp3) is 0.192. The Bertz CT molecular complexity index is 1190. The van der Waals surface area contributed by atoms with Gasteiger partial charge in [-0.15, -0.1) is 0 Å². The minimum Gasteiger partial charge on any atom is -0.507 e. The number of aliphatic hydroxyl groups excluding tert-OH is 1. The molecule has 1 unspecified atom stereocenters. The minimum absolute atomic E-state index is 0.0479. The summed E-state index contributed by atoms with van der Waals surface area (Å²) >= 11 is 0. The van der Waals surface area contributed by atoms with Gasteiger partial charge in [0.25, 0.3) is 11.7 Å². The first-order chi connectivity index (χ1) is 16.0. The van der Waals surface area contributed by atoms with Crippen molar-refractivity contribution < 1.29 is 23.8 Å². The van der Waals surface area contributed by atoms with E-state index >= 15 is 0 Å². The normalized spacial score (nSPS) is 17.4. The van der Waals surface area contributed by atoms with Crippen LogP contribution in [0.5, 0.6) is 5.75 Å². The van der Waals surface area contributed by atoms with Gasteiger partial charge in [-0.05, 0) is 66.1 Å². The highest BCUT2D eigenvalue weighted by Gasteiger charge is 2.46. The second kappa shape index (κ2) is 9.65. The molecular weight excluding hydrogens is 423 g/mol. The van der Waals surface area contributed by atoms with Crippen LogP contribution in [0.2, 0.25) is 0 Å². The number of pyridine rings is 1. The van der Waals surface area contributed by atoms with Crippen LogP contribution in [0.25, 0.3) is 5.76 Å². The third kappa shape index (κ3) is 4.62. The maximum absolute atomic E-state index is 13.4. The number of aliphatic hydroxyl groups is 1. The highest BCUT2D eigenvalue weighted by Crippen LogP contribution is 2.41. The number of amides is 1. The number of carbonyl (C=O) groups excluding carboxylic acids is 2. The van der Waals surface area contributed by atoms with Gasteiger partial charge in [-0.2, -0.15) is 0 Å². The third-order valence-corrected chi connectivity index (χ3v) is 5.41. The lowest BCUT2D eigenvalue weighted by Gasteiger charge is -2.25. The first-order valence-corrected chi connectivity index (χ1v) is 10.7. The number of hydrogen-bond acceptors (Lipinski definition) is 5. The number of benzene rings is 2. The van der Waals surface area contributed by atoms with Gasteiger partial charge in [0, 0.05) is 24.5 Å². The van der Waals surface area contributed by atoms with Crippen molar-refractivity contribution in [3.8, 4) is 5.75 Å². The molecule has 0 saturated carbocycles. The average molecular weight is 446 g/mol. The van der Waals surface area contributed by atoms with Gasteiger partial charge in [-0.25, -0.2) is 4.39 Å². The van der Waals surface area contributed by atoms with E-state index in [-0.39, 0.29) is 23.4 Å². The maximum Gasteiger partial charge on any atom is 0.295 e. The number of rotatable bonds is 7. The number of Topliss-reactive ketones (excluding diaryl/α,β-unsaturated/α-hetero) is 1. The molecule has 0 radical (unpaired) electrons. The molecule has 0 aliphatic carbocycles. The van der Waals surface area contributed by atoms with Gasteiger partial charge in [0.05, 0.1) is 18.2 Å². The zero-order valence-electron chi connectivity index (χ0n) is 18.1. The number of aromatic nitrogens is 1. The molecule has 1 aromatic heterocycles. The highest BCUT2D eigenvalue weighted by molar-refractivity contribution is 6.46. The molecular formula is C26H23FN2O4. The molecule has 1 aliphatic rings. The number of ether oxygens (including phenoxy) is 1. The van der Waals surface area contributed by atoms with Gasteiger partial charge in [0.2, 0.25) is 0 Å². The smallest absolute Gasteiger partial charge is 0.295 e. The molecule has 1 fully saturated rings. The van der Waals surface area contributed by atoms with Crippen LogP contribution in [0, 0.1) is 5.82 Å². The average Bonchev–Trinajstić information content (AvgIpc) is 3.08. The zero-order valence-corrected chi connectivity index (χ0v) is 18.1.